The molecule has 0 N–H and O–H groups in total. The SMILES string of the molecule is C/C=C/c1cc(OC(C)=O)c2c(c1)[C@H](C(=O)OC)[C@@H](c1ccc(OC(C)=O)c(OC(C)=O)c1)O2. The van der Waals surface area contributed by atoms with E-state index < -0.39 is 35.9 Å². The van der Waals surface area contributed by atoms with Gasteiger partial charge >= 0.3 is 23.9 Å². The lowest BCUT2D eigenvalue weighted by atomic mass is 9.90. The zero-order valence-electron chi connectivity index (χ0n) is 19.4. The molecule has 0 saturated carbocycles. The van der Waals surface area contributed by atoms with Crippen LogP contribution in [0, 0.1) is 0 Å². The molecule has 0 aromatic heterocycles. The number of fused-ring (bicyclic) bond motifs is 1. The van der Waals surface area contributed by atoms with Crippen LogP contribution in [0.1, 0.15) is 56.4 Å². The highest BCUT2D eigenvalue weighted by Crippen LogP contribution is 2.52. The fourth-order valence-corrected chi connectivity index (χ4v) is 3.69. The van der Waals surface area contributed by atoms with Gasteiger partial charge in [-0.1, -0.05) is 18.2 Å². The van der Waals surface area contributed by atoms with E-state index in [2.05, 4.69) is 0 Å². The Balaban J connectivity index is 2.15. The average Bonchev–Trinajstić information content (AvgIpc) is 3.13. The molecule has 1 aliphatic heterocycles. The Labute approximate surface area is 196 Å². The summed E-state index contributed by atoms with van der Waals surface area (Å²) < 4.78 is 26.8. The van der Waals surface area contributed by atoms with Gasteiger partial charge in [-0.05, 0) is 42.3 Å². The molecule has 0 unspecified atom stereocenters. The molecular weight excluding hydrogens is 444 g/mol. The first-order valence-electron chi connectivity index (χ1n) is 10.4. The molecule has 0 aliphatic carbocycles. The topological polar surface area (TPSA) is 114 Å². The zero-order chi connectivity index (χ0) is 25.0. The Morgan fingerprint density at radius 2 is 1.47 bits per heavy atom. The van der Waals surface area contributed by atoms with Crippen molar-refractivity contribution in [2.75, 3.05) is 7.11 Å². The first-order chi connectivity index (χ1) is 16.1. The highest BCUT2D eigenvalue weighted by molar-refractivity contribution is 5.84. The van der Waals surface area contributed by atoms with Crippen molar-refractivity contribution in [1.82, 2.24) is 0 Å². The summed E-state index contributed by atoms with van der Waals surface area (Å²) in [7, 11) is 1.26. The summed E-state index contributed by atoms with van der Waals surface area (Å²) in [4.78, 5) is 47.6. The Bertz CT molecular complexity index is 1180. The van der Waals surface area contributed by atoms with Crippen LogP contribution in [0.3, 0.4) is 0 Å². The number of methoxy groups -OCH3 is 1. The van der Waals surface area contributed by atoms with Crippen LogP contribution < -0.4 is 18.9 Å². The van der Waals surface area contributed by atoms with Gasteiger partial charge in [0.2, 0.25) is 0 Å². The molecule has 0 spiro atoms. The largest absolute Gasteiger partial charge is 0.480 e. The van der Waals surface area contributed by atoms with Gasteiger partial charge in [0, 0.05) is 26.3 Å². The second-order valence-electron chi connectivity index (χ2n) is 7.46. The van der Waals surface area contributed by atoms with Crippen molar-refractivity contribution in [3.05, 3.63) is 53.1 Å². The number of rotatable bonds is 6. The second kappa shape index (κ2) is 10.2. The molecule has 1 aliphatic rings. The summed E-state index contributed by atoms with van der Waals surface area (Å²) in [5.74, 6) is -2.86. The van der Waals surface area contributed by atoms with E-state index in [-0.39, 0.29) is 23.0 Å². The zero-order valence-corrected chi connectivity index (χ0v) is 19.4. The van der Waals surface area contributed by atoms with E-state index >= 15 is 0 Å². The van der Waals surface area contributed by atoms with E-state index in [4.69, 9.17) is 23.7 Å². The molecule has 0 saturated heterocycles. The molecule has 178 valence electrons. The van der Waals surface area contributed by atoms with Gasteiger partial charge in [-0.15, -0.1) is 0 Å². The van der Waals surface area contributed by atoms with Crippen LogP contribution in [0.5, 0.6) is 23.0 Å². The molecule has 1 heterocycles. The lowest BCUT2D eigenvalue weighted by molar-refractivity contribution is -0.144. The Morgan fingerprint density at radius 1 is 0.853 bits per heavy atom. The maximum absolute atomic E-state index is 12.9. The van der Waals surface area contributed by atoms with E-state index in [1.165, 1.54) is 40.0 Å². The summed E-state index contributed by atoms with van der Waals surface area (Å²) in [5, 5.41) is 0. The third-order valence-corrected chi connectivity index (χ3v) is 4.86. The molecule has 0 radical (unpaired) electrons. The normalized spacial score (nSPS) is 16.4. The van der Waals surface area contributed by atoms with Crippen molar-refractivity contribution < 1.29 is 42.9 Å². The summed E-state index contributed by atoms with van der Waals surface area (Å²) in [6.45, 7) is 5.51. The van der Waals surface area contributed by atoms with Crippen LogP contribution in [-0.2, 0) is 23.9 Å². The van der Waals surface area contributed by atoms with Crippen LogP contribution in [0.15, 0.2) is 36.4 Å². The smallest absolute Gasteiger partial charge is 0.317 e. The Morgan fingerprint density at radius 3 is 2.06 bits per heavy atom. The van der Waals surface area contributed by atoms with Crippen LogP contribution in [-0.4, -0.2) is 31.0 Å². The Hall–Kier alpha value is -4.14. The van der Waals surface area contributed by atoms with Crippen LogP contribution in [0.4, 0.5) is 0 Å². The third-order valence-electron chi connectivity index (χ3n) is 4.86. The standard InChI is InChI=1S/C25H24O9/c1-6-7-16-10-18-22(25(29)30-5)23(34-24(18)21(11-16)33-15(4)28)17-8-9-19(31-13(2)26)20(12-17)32-14(3)27/h6-12,22-23H,1-5H3/b7-6+/t22-,23+/m0/s1. The van der Waals surface area contributed by atoms with Gasteiger partial charge in [-0.3, -0.25) is 19.2 Å². The lowest BCUT2D eigenvalue weighted by Gasteiger charge is -2.19. The van der Waals surface area contributed by atoms with Gasteiger partial charge in [0.15, 0.2) is 23.0 Å². The van der Waals surface area contributed by atoms with E-state index in [0.717, 1.165) is 0 Å². The number of carbonyl (C=O) groups excluding carboxylic acids is 4. The number of esters is 4. The highest BCUT2D eigenvalue weighted by atomic mass is 16.6. The number of carbonyl (C=O) groups is 4. The van der Waals surface area contributed by atoms with E-state index in [9.17, 15) is 19.2 Å². The lowest BCUT2D eigenvalue weighted by Crippen LogP contribution is -2.20. The number of hydrogen-bond acceptors (Lipinski definition) is 9. The first-order valence-corrected chi connectivity index (χ1v) is 10.4. The number of allylic oxidation sites excluding steroid dienone is 1. The molecule has 2 atom stereocenters. The summed E-state index contributed by atoms with van der Waals surface area (Å²) >= 11 is 0. The van der Waals surface area contributed by atoms with Crippen molar-refractivity contribution in [3.8, 4) is 23.0 Å². The highest BCUT2D eigenvalue weighted by Gasteiger charge is 2.44. The molecule has 34 heavy (non-hydrogen) atoms. The van der Waals surface area contributed by atoms with Crippen LogP contribution in [0.2, 0.25) is 0 Å². The van der Waals surface area contributed by atoms with E-state index in [1.807, 2.05) is 6.92 Å². The van der Waals surface area contributed by atoms with Gasteiger partial charge in [-0.25, -0.2) is 0 Å². The fourth-order valence-electron chi connectivity index (χ4n) is 3.69. The van der Waals surface area contributed by atoms with Crippen molar-refractivity contribution >= 4 is 30.0 Å². The minimum atomic E-state index is -0.913. The number of hydrogen-bond donors (Lipinski definition) is 0. The molecule has 9 nitrogen and oxygen atoms in total. The minimum absolute atomic E-state index is 0.0156. The third kappa shape index (κ3) is 5.25. The minimum Gasteiger partial charge on any atom is -0.480 e. The quantitative estimate of drug-likeness (QED) is 0.460. The van der Waals surface area contributed by atoms with E-state index in [1.54, 1.807) is 30.4 Å². The summed E-state index contributed by atoms with van der Waals surface area (Å²) in [6, 6.07) is 7.85. The first kappa shape index (κ1) is 24.5. The van der Waals surface area contributed by atoms with E-state index in [0.29, 0.717) is 16.7 Å². The van der Waals surface area contributed by atoms with Crippen molar-refractivity contribution in [3.63, 3.8) is 0 Å². The molecule has 0 amide bonds. The molecule has 0 fully saturated rings. The predicted molar refractivity (Wildman–Crippen MR) is 120 cm³/mol. The van der Waals surface area contributed by atoms with Gasteiger partial charge < -0.3 is 23.7 Å². The van der Waals surface area contributed by atoms with Crippen molar-refractivity contribution in [2.45, 2.75) is 39.7 Å². The van der Waals surface area contributed by atoms with Gasteiger partial charge in [-0.2, -0.15) is 0 Å². The summed E-state index contributed by atoms with van der Waals surface area (Å²) in [6.07, 6.45) is 2.69. The monoisotopic (exact) mass is 468 g/mol. The number of benzene rings is 2. The van der Waals surface area contributed by atoms with Crippen molar-refractivity contribution in [1.29, 1.82) is 0 Å². The molecule has 0 bridgehead atoms. The molecular formula is C25H24O9. The van der Waals surface area contributed by atoms with Gasteiger partial charge in [0.05, 0.1) is 7.11 Å². The maximum atomic E-state index is 12.9. The Kier molecular flexibility index (Phi) is 7.35. The van der Waals surface area contributed by atoms with Gasteiger partial charge in [0.1, 0.15) is 12.0 Å². The molecule has 2 aromatic carbocycles. The molecule has 3 rings (SSSR count). The van der Waals surface area contributed by atoms with Crippen LogP contribution >= 0.6 is 0 Å². The fraction of sp³-hybridized carbons (Fsp3) is 0.280. The second-order valence-corrected chi connectivity index (χ2v) is 7.46. The van der Waals surface area contributed by atoms with Gasteiger partial charge in [0.25, 0.3) is 0 Å². The maximum Gasteiger partial charge on any atom is 0.317 e. The molecule has 2 aromatic rings. The van der Waals surface area contributed by atoms with Crippen LogP contribution in [0.25, 0.3) is 6.08 Å². The van der Waals surface area contributed by atoms with Crippen molar-refractivity contribution in [2.24, 2.45) is 0 Å². The predicted octanol–water partition coefficient (Wildman–Crippen LogP) is 3.89. The average molecular weight is 468 g/mol. The number of ether oxygens (including phenoxy) is 5. The molecule has 9 heteroatoms. The summed E-state index contributed by atoms with van der Waals surface area (Å²) in [5.41, 5.74) is 1.61.